The minimum absolute atomic E-state index is 0.0290. The van der Waals surface area contributed by atoms with Crippen molar-refractivity contribution in [3.63, 3.8) is 0 Å². The second kappa shape index (κ2) is 6.32. The number of amides is 1. The number of aromatic nitrogens is 1. The van der Waals surface area contributed by atoms with Gasteiger partial charge in [-0.3, -0.25) is 9.59 Å². The zero-order valence-corrected chi connectivity index (χ0v) is 12.6. The van der Waals surface area contributed by atoms with E-state index in [0.29, 0.717) is 36.5 Å². The van der Waals surface area contributed by atoms with Crippen molar-refractivity contribution in [3.05, 3.63) is 53.2 Å². The number of rotatable bonds is 3. The Morgan fingerprint density at radius 1 is 1.18 bits per heavy atom. The number of likely N-dealkylation sites (tertiary alicyclic amines) is 1. The van der Waals surface area contributed by atoms with Crippen LogP contribution in [0.5, 0.6) is 0 Å². The van der Waals surface area contributed by atoms with Crippen LogP contribution < -0.4 is 0 Å². The first-order valence-electron chi connectivity index (χ1n) is 7.13. The predicted molar refractivity (Wildman–Crippen MR) is 80.9 cm³/mol. The van der Waals surface area contributed by atoms with Crippen molar-refractivity contribution >= 4 is 23.3 Å². The van der Waals surface area contributed by atoms with Crippen LogP contribution in [-0.4, -0.2) is 34.7 Å². The van der Waals surface area contributed by atoms with E-state index in [1.54, 1.807) is 29.2 Å². The molecule has 6 heteroatoms. The highest BCUT2D eigenvalue weighted by Gasteiger charge is 2.30. The summed E-state index contributed by atoms with van der Waals surface area (Å²) in [5.41, 5.74) is 0.613. The summed E-state index contributed by atoms with van der Waals surface area (Å²) >= 11 is 5.83. The van der Waals surface area contributed by atoms with Crippen molar-refractivity contribution in [1.82, 2.24) is 9.88 Å². The lowest BCUT2D eigenvalue weighted by Gasteiger charge is -2.30. The van der Waals surface area contributed by atoms with Crippen LogP contribution in [0.4, 0.5) is 0 Å². The van der Waals surface area contributed by atoms with Gasteiger partial charge in [0.15, 0.2) is 0 Å². The fraction of sp³-hybridized carbons (Fsp3) is 0.312. The SMILES string of the molecule is O=C(c1ncco1)C1CCN(C(=O)c2ccc(Cl)cc2)CC1. The summed E-state index contributed by atoms with van der Waals surface area (Å²) in [6, 6.07) is 6.84. The van der Waals surface area contributed by atoms with Crippen molar-refractivity contribution in [3.8, 4) is 0 Å². The molecule has 1 saturated heterocycles. The van der Waals surface area contributed by atoms with E-state index in [1.165, 1.54) is 12.5 Å². The molecule has 114 valence electrons. The third-order valence-electron chi connectivity index (χ3n) is 3.89. The standard InChI is InChI=1S/C16H15ClN2O3/c17-13-3-1-12(2-4-13)16(21)19-8-5-11(6-9-19)14(20)15-18-7-10-22-15/h1-4,7,10-11H,5-6,8-9H2. The van der Waals surface area contributed by atoms with Gasteiger partial charge in [-0.05, 0) is 37.1 Å². The van der Waals surface area contributed by atoms with Gasteiger partial charge in [0.1, 0.15) is 6.26 Å². The van der Waals surface area contributed by atoms with Crippen LogP contribution in [0.3, 0.4) is 0 Å². The molecular weight excluding hydrogens is 304 g/mol. The van der Waals surface area contributed by atoms with Crippen molar-refractivity contribution in [2.45, 2.75) is 12.8 Å². The van der Waals surface area contributed by atoms with Gasteiger partial charge in [0.2, 0.25) is 5.78 Å². The zero-order chi connectivity index (χ0) is 15.5. The van der Waals surface area contributed by atoms with Gasteiger partial charge >= 0.3 is 0 Å². The number of carbonyl (C=O) groups excluding carboxylic acids is 2. The monoisotopic (exact) mass is 318 g/mol. The fourth-order valence-electron chi connectivity index (χ4n) is 2.64. The Hall–Kier alpha value is -2.14. The Morgan fingerprint density at radius 2 is 1.86 bits per heavy atom. The van der Waals surface area contributed by atoms with E-state index in [2.05, 4.69) is 4.98 Å². The van der Waals surface area contributed by atoms with Crippen molar-refractivity contribution in [2.75, 3.05) is 13.1 Å². The van der Waals surface area contributed by atoms with Crippen LogP contribution >= 0.6 is 11.6 Å². The molecule has 0 bridgehead atoms. The molecule has 0 unspecified atom stereocenters. The maximum Gasteiger partial charge on any atom is 0.263 e. The Labute approximate surface area is 132 Å². The molecule has 22 heavy (non-hydrogen) atoms. The van der Waals surface area contributed by atoms with Crippen LogP contribution in [0.15, 0.2) is 41.1 Å². The van der Waals surface area contributed by atoms with E-state index in [9.17, 15) is 9.59 Å². The summed E-state index contributed by atoms with van der Waals surface area (Å²) in [6.45, 7) is 1.11. The minimum atomic E-state index is -0.132. The molecule has 0 saturated carbocycles. The van der Waals surface area contributed by atoms with Crippen LogP contribution in [0.25, 0.3) is 0 Å². The molecule has 0 aliphatic carbocycles. The van der Waals surface area contributed by atoms with Gasteiger partial charge in [-0.1, -0.05) is 11.6 Å². The van der Waals surface area contributed by atoms with Crippen molar-refractivity contribution < 1.29 is 14.0 Å². The number of piperidine rings is 1. The maximum atomic E-state index is 12.4. The van der Waals surface area contributed by atoms with Crippen LogP contribution in [0.2, 0.25) is 5.02 Å². The van der Waals surface area contributed by atoms with Gasteiger partial charge in [0.25, 0.3) is 11.8 Å². The van der Waals surface area contributed by atoms with E-state index in [-0.39, 0.29) is 23.5 Å². The number of ketones is 1. The molecule has 2 aromatic rings. The number of hydrogen-bond acceptors (Lipinski definition) is 4. The first-order chi connectivity index (χ1) is 10.6. The molecule has 2 heterocycles. The number of nitrogens with zero attached hydrogens (tertiary/aromatic N) is 2. The first-order valence-corrected chi connectivity index (χ1v) is 7.51. The summed E-state index contributed by atoms with van der Waals surface area (Å²) in [6.07, 6.45) is 4.11. The molecule has 1 aliphatic rings. The summed E-state index contributed by atoms with van der Waals surface area (Å²) in [4.78, 5) is 30.2. The van der Waals surface area contributed by atoms with E-state index in [1.807, 2.05) is 0 Å². The Morgan fingerprint density at radius 3 is 2.45 bits per heavy atom. The number of carbonyl (C=O) groups is 2. The van der Waals surface area contributed by atoms with Crippen LogP contribution in [-0.2, 0) is 0 Å². The smallest absolute Gasteiger partial charge is 0.263 e. The summed E-state index contributed by atoms with van der Waals surface area (Å²) < 4.78 is 5.05. The van der Waals surface area contributed by atoms with Gasteiger partial charge in [-0.25, -0.2) is 4.98 Å². The molecule has 0 N–H and O–H groups in total. The molecule has 1 fully saturated rings. The number of hydrogen-bond donors (Lipinski definition) is 0. The van der Waals surface area contributed by atoms with E-state index >= 15 is 0 Å². The van der Waals surface area contributed by atoms with E-state index in [4.69, 9.17) is 16.0 Å². The molecule has 0 radical (unpaired) electrons. The van der Waals surface area contributed by atoms with Gasteiger partial charge in [-0.15, -0.1) is 0 Å². The quantitative estimate of drug-likeness (QED) is 0.816. The first kappa shape index (κ1) is 14.8. The molecule has 3 rings (SSSR count). The van der Waals surface area contributed by atoms with Crippen molar-refractivity contribution in [1.29, 1.82) is 0 Å². The number of Topliss-reactive ketones (excluding diaryl/α,β-unsaturated/α-hetero) is 1. The maximum absolute atomic E-state index is 12.4. The molecule has 0 spiro atoms. The van der Waals surface area contributed by atoms with Gasteiger partial charge < -0.3 is 9.32 Å². The number of oxazole rings is 1. The second-order valence-corrected chi connectivity index (χ2v) is 5.71. The molecule has 1 aromatic heterocycles. The van der Waals surface area contributed by atoms with Gasteiger partial charge in [0.05, 0.1) is 6.20 Å². The summed E-state index contributed by atoms with van der Waals surface area (Å²) in [5.74, 6) is -0.0855. The van der Waals surface area contributed by atoms with E-state index < -0.39 is 0 Å². The average Bonchev–Trinajstić information content (AvgIpc) is 3.09. The summed E-state index contributed by atoms with van der Waals surface area (Å²) in [5, 5.41) is 0.604. The second-order valence-electron chi connectivity index (χ2n) is 5.27. The third-order valence-corrected chi connectivity index (χ3v) is 4.14. The topological polar surface area (TPSA) is 63.4 Å². The third kappa shape index (κ3) is 3.04. The Kier molecular flexibility index (Phi) is 4.24. The lowest BCUT2D eigenvalue weighted by Crippen LogP contribution is -2.40. The van der Waals surface area contributed by atoms with E-state index in [0.717, 1.165) is 0 Å². The Balaban J connectivity index is 1.60. The van der Waals surface area contributed by atoms with Crippen molar-refractivity contribution in [2.24, 2.45) is 5.92 Å². The molecular formula is C16H15ClN2O3. The lowest BCUT2D eigenvalue weighted by molar-refractivity contribution is 0.0640. The molecule has 1 aromatic carbocycles. The largest absolute Gasteiger partial charge is 0.442 e. The lowest BCUT2D eigenvalue weighted by atomic mass is 9.92. The predicted octanol–water partition coefficient (Wildman–Crippen LogP) is 3.06. The number of halogens is 1. The fourth-order valence-corrected chi connectivity index (χ4v) is 2.77. The highest BCUT2D eigenvalue weighted by molar-refractivity contribution is 6.30. The molecule has 1 aliphatic heterocycles. The Bertz CT molecular complexity index is 659. The zero-order valence-electron chi connectivity index (χ0n) is 11.9. The minimum Gasteiger partial charge on any atom is -0.442 e. The highest BCUT2D eigenvalue weighted by atomic mass is 35.5. The van der Waals surface area contributed by atoms with Crippen LogP contribution in [0.1, 0.15) is 33.9 Å². The normalized spacial score (nSPS) is 15.8. The number of benzene rings is 1. The molecule has 0 atom stereocenters. The average molecular weight is 319 g/mol. The molecule has 1 amide bonds. The highest BCUT2D eigenvalue weighted by Crippen LogP contribution is 2.22. The van der Waals surface area contributed by atoms with Gasteiger partial charge in [-0.2, -0.15) is 0 Å². The van der Waals surface area contributed by atoms with Crippen LogP contribution in [0, 0.1) is 5.92 Å². The summed E-state index contributed by atoms with van der Waals surface area (Å²) in [7, 11) is 0. The molecule has 5 nitrogen and oxygen atoms in total. The van der Waals surface area contributed by atoms with Gasteiger partial charge in [0, 0.05) is 29.6 Å².